The maximum Gasteiger partial charge on any atom is 0.237 e. The Kier molecular flexibility index (Phi) is 6.06. The molecule has 2 rings (SSSR count). The van der Waals surface area contributed by atoms with E-state index in [1.165, 1.54) is 32.1 Å². The number of thioether (sulfide) groups is 1. The van der Waals surface area contributed by atoms with Gasteiger partial charge in [-0.05, 0) is 38.0 Å². The molecular weight excluding hydrogens is 313 g/mol. The maximum atomic E-state index is 12.2. The summed E-state index contributed by atoms with van der Waals surface area (Å²) in [6.07, 6.45) is 6.34. The van der Waals surface area contributed by atoms with E-state index in [-0.39, 0.29) is 11.2 Å². The summed E-state index contributed by atoms with van der Waals surface area (Å²) in [4.78, 5) is 12.2. The zero-order chi connectivity index (χ0) is 14.5. The molecule has 0 aliphatic heterocycles. The highest BCUT2D eigenvalue weighted by atomic mass is 35.5. The van der Waals surface area contributed by atoms with Crippen molar-refractivity contribution in [1.29, 1.82) is 0 Å². The maximum absolute atomic E-state index is 12.2. The minimum atomic E-state index is -0.0758. The van der Waals surface area contributed by atoms with Gasteiger partial charge in [0.1, 0.15) is 0 Å². The lowest BCUT2D eigenvalue weighted by molar-refractivity contribution is -0.115. The van der Waals surface area contributed by atoms with Gasteiger partial charge in [-0.1, -0.05) is 42.5 Å². The van der Waals surface area contributed by atoms with Crippen molar-refractivity contribution in [3.63, 3.8) is 0 Å². The second-order valence-corrected chi connectivity index (χ2v) is 7.64. The second kappa shape index (κ2) is 7.58. The minimum absolute atomic E-state index is 0.00950. The molecule has 0 saturated heterocycles. The normalized spacial score (nSPS) is 17.8. The average Bonchev–Trinajstić information content (AvgIpc) is 2.44. The molecule has 1 atom stereocenters. The summed E-state index contributed by atoms with van der Waals surface area (Å²) in [6, 6.07) is 5.08. The van der Waals surface area contributed by atoms with E-state index < -0.39 is 0 Å². The Bertz CT molecular complexity index is 475. The van der Waals surface area contributed by atoms with Gasteiger partial charge in [-0.2, -0.15) is 0 Å². The van der Waals surface area contributed by atoms with Crippen LogP contribution >= 0.6 is 35.0 Å². The van der Waals surface area contributed by atoms with Crippen LogP contribution in [0.15, 0.2) is 18.2 Å². The van der Waals surface area contributed by atoms with Crippen LogP contribution in [-0.4, -0.2) is 16.4 Å². The van der Waals surface area contributed by atoms with Gasteiger partial charge in [-0.15, -0.1) is 11.8 Å². The van der Waals surface area contributed by atoms with Crippen LogP contribution in [0.5, 0.6) is 0 Å². The van der Waals surface area contributed by atoms with Crippen molar-refractivity contribution >= 4 is 46.6 Å². The van der Waals surface area contributed by atoms with Crippen LogP contribution in [-0.2, 0) is 4.79 Å². The van der Waals surface area contributed by atoms with Crippen LogP contribution in [0.1, 0.15) is 39.0 Å². The van der Waals surface area contributed by atoms with Gasteiger partial charge in [0.25, 0.3) is 0 Å². The predicted molar refractivity (Wildman–Crippen MR) is 89.0 cm³/mol. The van der Waals surface area contributed by atoms with Crippen molar-refractivity contribution < 1.29 is 4.79 Å². The lowest BCUT2D eigenvalue weighted by Gasteiger charge is -2.24. The molecule has 1 aromatic rings. The highest BCUT2D eigenvalue weighted by molar-refractivity contribution is 8.01. The molecule has 1 amide bonds. The van der Waals surface area contributed by atoms with Crippen LogP contribution in [0.3, 0.4) is 0 Å². The number of benzene rings is 1. The molecule has 20 heavy (non-hydrogen) atoms. The van der Waals surface area contributed by atoms with E-state index in [2.05, 4.69) is 5.32 Å². The number of halogens is 2. The Morgan fingerprint density at radius 1 is 1.30 bits per heavy atom. The molecule has 0 aromatic heterocycles. The Morgan fingerprint density at radius 3 is 2.70 bits per heavy atom. The van der Waals surface area contributed by atoms with E-state index >= 15 is 0 Å². The summed E-state index contributed by atoms with van der Waals surface area (Å²) in [5.74, 6) is -0.00950. The standard InChI is InChI=1S/C15H19Cl2NOS/c1-10(20-12-5-3-2-4-6-12)15(19)18-14-9-11(16)7-8-13(14)17/h7-10,12H,2-6H2,1H3,(H,18,19). The Morgan fingerprint density at radius 2 is 2.00 bits per heavy atom. The van der Waals surface area contributed by atoms with Gasteiger partial charge < -0.3 is 5.32 Å². The number of nitrogens with one attached hydrogen (secondary N) is 1. The number of carbonyl (C=O) groups is 1. The van der Waals surface area contributed by atoms with E-state index in [1.54, 1.807) is 30.0 Å². The molecule has 1 aliphatic carbocycles. The number of rotatable bonds is 4. The third-order valence-electron chi connectivity index (χ3n) is 3.50. The van der Waals surface area contributed by atoms with Gasteiger partial charge >= 0.3 is 0 Å². The molecule has 0 spiro atoms. The quantitative estimate of drug-likeness (QED) is 0.801. The molecule has 1 N–H and O–H groups in total. The number of carbonyl (C=O) groups excluding carboxylic acids is 1. The first-order valence-corrected chi connectivity index (χ1v) is 8.67. The summed E-state index contributed by atoms with van der Waals surface area (Å²) in [5.41, 5.74) is 0.584. The molecule has 110 valence electrons. The molecule has 1 fully saturated rings. The Hall–Kier alpha value is -0.380. The predicted octanol–water partition coefficient (Wildman–Crippen LogP) is 5.39. The number of hydrogen-bond donors (Lipinski definition) is 1. The summed E-state index contributed by atoms with van der Waals surface area (Å²) < 4.78 is 0. The SMILES string of the molecule is CC(SC1CCCCC1)C(=O)Nc1cc(Cl)ccc1Cl. The van der Waals surface area contributed by atoms with Crippen molar-refractivity contribution in [2.24, 2.45) is 0 Å². The largest absolute Gasteiger partial charge is 0.324 e. The van der Waals surface area contributed by atoms with Crippen molar-refractivity contribution in [3.8, 4) is 0 Å². The molecule has 0 heterocycles. The van der Waals surface area contributed by atoms with Crippen molar-refractivity contribution in [3.05, 3.63) is 28.2 Å². The molecule has 1 unspecified atom stereocenters. The zero-order valence-electron chi connectivity index (χ0n) is 11.5. The topological polar surface area (TPSA) is 29.1 Å². The minimum Gasteiger partial charge on any atom is -0.324 e. The summed E-state index contributed by atoms with van der Waals surface area (Å²) in [6.45, 7) is 1.95. The second-order valence-electron chi connectivity index (χ2n) is 5.15. The van der Waals surface area contributed by atoms with Crippen LogP contribution in [0, 0.1) is 0 Å². The lowest BCUT2D eigenvalue weighted by atomic mass is 10.0. The molecule has 1 saturated carbocycles. The lowest BCUT2D eigenvalue weighted by Crippen LogP contribution is -2.25. The Balaban J connectivity index is 1.91. The number of anilines is 1. The van der Waals surface area contributed by atoms with Gasteiger partial charge in [-0.3, -0.25) is 4.79 Å². The molecule has 0 radical (unpaired) electrons. The van der Waals surface area contributed by atoms with Crippen molar-refractivity contribution in [1.82, 2.24) is 0 Å². The first-order chi connectivity index (χ1) is 9.56. The van der Waals surface area contributed by atoms with Gasteiger partial charge in [0.15, 0.2) is 0 Å². The molecule has 2 nitrogen and oxygen atoms in total. The van der Waals surface area contributed by atoms with Crippen molar-refractivity contribution in [2.75, 3.05) is 5.32 Å². The van der Waals surface area contributed by atoms with E-state index in [4.69, 9.17) is 23.2 Å². The summed E-state index contributed by atoms with van der Waals surface area (Å²) in [5, 5.41) is 4.48. The fourth-order valence-corrected chi connectivity index (χ4v) is 4.08. The molecular formula is C15H19Cl2NOS. The first-order valence-electron chi connectivity index (χ1n) is 6.97. The first kappa shape index (κ1) is 16.0. The van der Waals surface area contributed by atoms with Crippen LogP contribution in [0.2, 0.25) is 10.0 Å². The average molecular weight is 332 g/mol. The third kappa shape index (κ3) is 4.57. The molecule has 1 aromatic carbocycles. The molecule has 0 bridgehead atoms. The third-order valence-corrected chi connectivity index (χ3v) is 5.55. The Labute approximate surface area is 134 Å². The highest BCUT2D eigenvalue weighted by Gasteiger charge is 2.21. The monoisotopic (exact) mass is 331 g/mol. The van der Waals surface area contributed by atoms with E-state index in [1.807, 2.05) is 6.92 Å². The summed E-state index contributed by atoms with van der Waals surface area (Å²) in [7, 11) is 0. The van der Waals surface area contributed by atoms with Gasteiger partial charge in [0.05, 0.1) is 16.0 Å². The van der Waals surface area contributed by atoms with Gasteiger partial charge in [0.2, 0.25) is 5.91 Å². The fraction of sp³-hybridized carbons (Fsp3) is 0.533. The van der Waals surface area contributed by atoms with E-state index in [9.17, 15) is 4.79 Å². The van der Waals surface area contributed by atoms with Crippen LogP contribution in [0.25, 0.3) is 0 Å². The number of amides is 1. The van der Waals surface area contributed by atoms with Crippen LogP contribution < -0.4 is 5.32 Å². The van der Waals surface area contributed by atoms with Gasteiger partial charge in [0, 0.05) is 10.3 Å². The number of hydrogen-bond acceptors (Lipinski definition) is 2. The van der Waals surface area contributed by atoms with Crippen molar-refractivity contribution in [2.45, 2.75) is 49.5 Å². The summed E-state index contributed by atoms with van der Waals surface area (Å²) >= 11 is 13.7. The smallest absolute Gasteiger partial charge is 0.237 e. The highest BCUT2D eigenvalue weighted by Crippen LogP contribution is 2.32. The molecule has 5 heteroatoms. The van der Waals surface area contributed by atoms with Crippen LogP contribution in [0.4, 0.5) is 5.69 Å². The van der Waals surface area contributed by atoms with E-state index in [0.717, 1.165) is 0 Å². The fourth-order valence-electron chi connectivity index (χ4n) is 2.38. The molecule has 1 aliphatic rings. The zero-order valence-corrected chi connectivity index (χ0v) is 13.8. The van der Waals surface area contributed by atoms with Gasteiger partial charge in [-0.25, -0.2) is 0 Å². The van der Waals surface area contributed by atoms with E-state index in [0.29, 0.717) is 21.0 Å².